The van der Waals surface area contributed by atoms with Crippen molar-refractivity contribution >= 4 is 17.6 Å². The van der Waals surface area contributed by atoms with Crippen LogP contribution in [0.2, 0.25) is 0 Å². The molecule has 1 aromatic rings. The Morgan fingerprint density at radius 1 is 1.32 bits per heavy atom. The summed E-state index contributed by atoms with van der Waals surface area (Å²) in [5.74, 6) is -0.0152. The maximum Gasteiger partial charge on any atom is 0.320 e. The highest BCUT2D eigenvalue weighted by Crippen LogP contribution is 2.39. The first-order valence-corrected chi connectivity index (χ1v) is 8.92. The molecule has 1 saturated carbocycles. The fourth-order valence-electron chi connectivity index (χ4n) is 4.30. The maximum atomic E-state index is 12.6. The zero-order valence-corrected chi connectivity index (χ0v) is 14.8. The third-order valence-electron chi connectivity index (χ3n) is 5.46. The SMILES string of the molecule is COc1ccc(C)cc1NC(=O)CN1C(C(=O)O)CC2CCCCC21. The van der Waals surface area contributed by atoms with E-state index < -0.39 is 12.0 Å². The van der Waals surface area contributed by atoms with Crippen LogP contribution in [0.15, 0.2) is 18.2 Å². The van der Waals surface area contributed by atoms with Gasteiger partial charge in [0.2, 0.25) is 5.91 Å². The molecule has 3 atom stereocenters. The number of fused-ring (bicyclic) bond motifs is 1. The molecule has 2 N–H and O–H groups in total. The largest absolute Gasteiger partial charge is 0.495 e. The molecule has 3 rings (SSSR count). The smallest absolute Gasteiger partial charge is 0.320 e. The number of carboxylic acids is 1. The van der Waals surface area contributed by atoms with Crippen LogP contribution >= 0.6 is 0 Å². The Bertz CT molecular complexity index is 661. The number of likely N-dealkylation sites (tertiary alicyclic amines) is 1. The van der Waals surface area contributed by atoms with Crippen LogP contribution in [-0.4, -0.2) is 47.6 Å². The van der Waals surface area contributed by atoms with Crippen LogP contribution in [0.3, 0.4) is 0 Å². The molecule has 136 valence electrons. The summed E-state index contributed by atoms with van der Waals surface area (Å²) in [6.45, 7) is 2.05. The van der Waals surface area contributed by atoms with Crippen LogP contribution in [0.1, 0.15) is 37.7 Å². The number of hydrogen-bond acceptors (Lipinski definition) is 4. The minimum atomic E-state index is -0.824. The first-order chi connectivity index (χ1) is 12.0. The molecular weight excluding hydrogens is 320 g/mol. The summed E-state index contributed by atoms with van der Waals surface area (Å²) < 4.78 is 5.29. The average molecular weight is 346 g/mol. The second kappa shape index (κ2) is 7.44. The number of carbonyl (C=O) groups is 2. The molecule has 3 unspecified atom stereocenters. The Balaban J connectivity index is 1.72. The number of aryl methyl sites for hydroxylation is 1. The zero-order chi connectivity index (χ0) is 18.0. The Hall–Kier alpha value is -2.08. The molecule has 1 aliphatic heterocycles. The van der Waals surface area contributed by atoms with E-state index in [1.54, 1.807) is 7.11 Å². The summed E-state index contributed by atoms with van der Waals surface area (Å²) in [6, 6.07) is 5.25. The lowest BCUT2D eigenvalue weighted by molar-refractivity contribution is -0.143. The van der Waals surface area contributed by atoms with Gasteiger partial charge in [-0.25, -0.2) is 0 Å². The van der Waals surface area contributed by atoms with Gasteiger partial charge in [-0.3, -0.25) is 14.5 Å². The monoisotopic (exact) mass is 346 g/mol. The minimum absolute atomic E-state index is 0.106. The van der Waals surface area contributed by atoms with E-state index in [1.165, 1.54) is 0 Å². The van der Waals surface area contributed by atoms with E-state index in [1.807, 2.05) is 30.0 Å². The van der Waals surface area contributed by atoms with E-state index in [-0.39, 0.29) is 18.5 Å². The number of amides is 1. The molecule has 1 amide bonds. The van der Waals surface area contributed by atoms with Gasteiger partial charge in [0.25, 0.3) is 0 Å². The molecule has 0 aromatic heterocycles. The van der Waals surface area contributed by atoms with E-state index in [0.717, 1.165) is 31.2 Å². The number of hydrogen-bond donors (Lipinski definition) is 2. The van der Waals surface area contributed by atoms with Gasteiger partial charge in [0.15, 0.2) is 0 Å². The van der Waals surface area contributed by atoms with Crippen LogP contribution < -0.4 is 10.1 Å². The van der Waals surface area contributed by atoms with Gasteiger partial charge in [-0.05, 0) is 49.8 Å². The average Bonchev–Trinajstić information content (AvgIpc) is 2.94. The summed E-state index contributed by atoms with van der Waals surface area (Å²) >= 11 is 0. The van der Waals surface area contributed by atoms with E-state index >= 15 is 0 Å². The molecular formula is C19H26N2O4. The molecule has 0 radical (unpaired) electrons. The molecule has 0 bridgehead atoms. The molecule has 1 aromatic carbocycles. The Morgan fingerprint density at radius 2 is 2.08 bits per heavy atom. The number of nitrogens with one attached hydrogen (secondary N) is 1. The van der Waals surface area contributed by atoms with Crippen LogP contribution in [-0.2, 0) is 9.59 Å². The van der Waals surface area contributed by atoms with Crippen molar-refractivity contribution in [3.8, 4) is 5.75 Å². The highest BCUT2D eigenvalue weighted by molar-refractivity contribution is 5.94. The third-order valence-corrected chi connectivity index (χ3v) is 5.46. The van der Waals surface area contributed by atoms with Gasteiger partial charge in [0.1, 0.15) is 11.8 Å². The third kappa shape index (κ3) is 3.79. The first-order valence-electron chi connectivity index (χ1n) is 8.92. The molecule has 1 heterocycles. The highest BCUT2D eigenvalue weighted by atomic mass is 16.5. The van der Waals surface area contributed by atoms with E-state index in [4.69, 9.17) is 4.74 Å². The molecule has 0 spiro atoms. The van der Waals surface area contributed by atoms with E-state index in [9.17, 15) is 14.7 Å². The van der Waals surface area contributed by atoms with Gasteiger partial charge in [-0.1, -0.05) is 18.9 Å². The minimum Gasteiger partial charge on any atom is -0.495 e. The van der Waals surface area contributed by atoms with Gasteiger partial charge >= 0.3 is 5.97 Å². The van der Waals surface area contributed by atoms with Crippen molar-refractivity contribution < 1.29 is 19.4 Å². The number of carboxylic acid groups (broad SMARTS) is 1. The predicted molar refractivity (Wildman–Crippen MR) is 94.9 cm³/mol. The Morgan fingerprint density at radius 3 is 2.80 bits per heavy atom. The number of benzene rings is 1. The highest BCUT2D eigenvalue weighted by Gasteiger charge is 2.45. The Kier molecular flexibility index (Phi) is 5.27. The number of carbonyl (C=O) groups excluding carboxylic acids is 1. The topological polar surface area (TPSA) is 78.9 Å². The molecule has 25 heavy (non-hydrogen) atoms. The van der Waals surface area contributed by atoms with Gasteiger partial charge in [-0.15, -0.1) is 0 Å². The number of anilines is 1. The number of rotatable bonds is 5. The molecule has 2 aliphatic rings. The van der Waals surface area contributed by atoms with Crippen LogP contribution in [0, 0.1) is 12.8 Å². The predicted octanol–water partition coefficient (Wildman–Crippen LogP) is 2.66. The van der Waals surface area contributed by atoms with Crippen LogP contribution in [0.25, 0.3) is 0 Å². The zero-order valence-electron chi connectivity index (χ0n) is 14.8. The summed E-state index contributed by atoms with van der Waals surface area (Å²) in [5, 5.41) is 12.4. The summed E-state index contributed by atoms with van der Waals surface area (Å²) in [4.78, 5) is 26.1. The van der Waals surface area contributed by atoms with Gasteiger partial charge < -0.3 is 15.2 Å². The molecule has 1 aliphatic carbocycles. The van der Waals surface area contributed by atoms with Gasteiger partial charge in [-0.2, -0.15) is 0 Å². The normalized spacial score (nSPS) is 26.1. The fraction of sp³-hybridized carbons (Fsp3) is 0.579. The van der Waals surface area contributed by atoms with Gasteiger partial charge in [0.05, 0.1) is 19.3 Å². The lowest BCUT2D eigenvalue weighted by atomic mass is 9.85. The number of methoxy groups -OCH3 is 1. The Labute approximate surface area is 148 Å². The second-order valence-electron chi connectivity index (χ2n) is 7.13. The van der Waals surface area contributed by atoms with Crippen molar-refractivity contribution in [1.29, 1.82) is 0 Å². The van der Waals surface area contributed by atoms with Crippen molar-refractivity contribution in [1.82, 2.24) is 4.90 Å². The number of nitrogens with zero attached hydrogens (tertiary/aromatic N) is 1. The maximum absolute atomic E-state index is 12.6. The fourth-order valence-corrected chi connectivity index (χ4v) is 4.30. The van der Waals surface area contributed by atoms with Crippen LogP contribution in [0.5, 0.6) is 5.75 Å². The molecule has 2 fully saturated rings. The number of aliphatic carboxylic acids is 1. The van der Waals surface area contributed by atoms with Crippen molar-refractivity contribution in [3.05, 3.63) is 23.8 Å². The second-order valence-corrected chi connectivity index (χ2v) is 7.13. The molecule has 1 saturated heterocycles. The lowest BCUT2D eigenvalue weighted by Crippen LogP contribution is -2.46. The van der Waals surface area contributed by atoms with Crippen LogP contribution in [0.4, 0.5) is 5.69 Å². The first kappa shape index (κ1) is 17.7. The number of ether oxygens (including phenoxy) is 1. The van der Waals surface area contributed by atoms with Crippen molar-refractivity contribution in [3.63, 3.8) is 0 Å². The van der Waals surface area contributed by atoms with Gasteiger partial charge in [0, 0.05) is 6.04 Å². The van der Waals surface area contributed by atoms with Crippen molar-refractivity contribution in [2.24, 2.45) is 5.92 Å². The lowest BCUT2D eigenvalue weighted by Gasteiger charge is -2.32. The van der Waals surface area contributed by atoms with Crippen molar-refractivity contribution in [2.45, 2.75) is 51.1 Å². The molecule has 6 heteroatoms. The summed E-state index contributed by atoms with van der Waals surface area (Å²) in [5.41, 5.74) is 1.65. The van der Waals surface area contributed by atoms with E-state index in [0.29, 0.717) is 23.8 Å². The standard InChI is InChI=1S/C19H26N2O4/c1-12-7-8-17(25-2)14(9-12)20-18(22)11-21-15-6-4-3-5-13(15)10-16(21)19(23)24/h7-9,13,15-16H,3-6,10-11H2,1-2H3,(H,20,22)(H,23,24). The summed E-state index contributed by atoms with van der Waals surface area (Å²) in [7, 11) is 1.56. The van der Waals surface area contributed by atoms with Crippen molar-refractivity contribution in [2.75, 3.05) is 19.0 Å². The summed E-state index contributed by atoms with van der Waals surface area (Å²) in [6.07, 6.45) is 4.97. The quantitative estimate of drug-likeness (QED) is 0.857. The van der Waals surface area contributed by atoms with E-state index in [2.05, 4.69) is 5.32 Å². The molecule has 6 nitrogen and oxygen atoms in total.